The predicted molar refractivity (Wildman–Crippen MR) is 75.0 cm³/mol. The highest BCUT2D eigenvalue weighted by molar-refractivity contribution is 7.99. The van der Waals surface area contributed by atoms with Crippen molar-refractivity contribution in [2.75, 3.05) is 5.75 Å². The first-order chi connectivity index (χ1) is 8.09. The molecule has 0 aliphatic heterocycles. The van der Waals surface area contributed by atoms with Gasteiger partial charge in [0.2, 0.25) is 0 Å². The van der Waals surface area contributed by atoms with E-state index in [9.17, 15) is 4.79 Å². The smallest absolute Gasteiger partial charge is 0.271 e. The number of hydrogen-bond acceptors (Lipinski definition) is 4. The standard InChI is InChI=1S/C12H14N2OS2/c1-8(2)4-6-17-12-13-9-5-7-16-10(9)11(15)14(12)3/h4-5,7H,6H2,1-3H3. The topological polar surface area (TPSA) is 34.9 Å². The molecule has 0 atom stereocenters. The Kier molecular flexibility index (Phi) is 3.69. The highest BCUT2D eigenvalue weighted by Crippen LogP contribution is 2.20. The number of fused-ring (bicyclic) bond motifs is 1. The van der Waals surface area contributed by atoms with Crippen molar-refractivity contribution in [2.24, 2.45) is 7.05 Å². The first-order valence-electron chi connectivity index (χ1n) is 5.30. The zero-order chi connectivity index (χ0) is 12.4. The zero-order valence-corrected chi connectivity index (χ0v) is 11.7. The number of allylic oxidation sites excluding steroid dienone is 1. The van der Waals surface area contributed by atoms with Crippen LogP contribution < -0.4 is 5.56 Å². The maximum Gasteiger partial charge on any atom is 0.271 e. The number of thiophene rings is 1. The van der Waals surface area contributed by atoms with Crippen molar-refractivity contribution in [3.8, 4) is 0 Å². The van der Waals surface area contributed by atoms with Gasteiger partial charge in [-0.15, -0.1) is 11.3 Å². The van der Waals surface area contributed by atoms with Crippen LogP contribution in [0.5, 0.6) is 0 Å². The van der Waals surface area contributed by atoms with Gasteiger partial charge in [0.05, 0.1) is 5.52 Å². The SMILES string of the molecule is CC(C)=CCSc1nc2ccsc2c(=O)n1C. The quantitative estimate of drug-likeness (QED) is 0.486. The van der Waals surface area contributed by atoms with E-state index in [1.54, 1.807) is 23.4 Å². The molecule has 0 spiro atoms. The summed E-state index contributed by atoms with van der Waals surface area (Å²) >= 11 is 3.04. The molecule has 0 aromatic carbocycles. The van der Waals surface area contributed by atoms with Crippen LogP contribution in [0.1, 0.15) is 13.8 Å². The van der Waals surface area contributed by atoms with Crippen LogP contribution in [0.15, 0.2) is 33.0 Å². The molecule has 2 heterocycles. The van der Waals surface area contributed by atoms with Gasteiger partial charge in [-0.3, -0.25) is 9.36 Å². The van der Waals surface area contributed by atoms with Gasteiger partial charge in [-0.05, 0) is 25.3 Å². The maximum absolute atomic E-state index is 12.0. The lowest BCUT2D eigenvalue weighted by Crippen LogP contribution is -2.18. The van der Waals surface area contributed by atoms with Gasteiger partial charge in [-0.25, -0.2) is 4.98 Å². The number of rotatable bonds is 3. The summed E-state index contributed by atoms with van der Waals surface area (Å²) in [5, 5.41) is 2.68. The van der Waals surface area contributed by atoms with Gasteiger partial charge < -0.3 is 0 Å². The number of nitrogens with zero attached hydrogens (tertiary/aromatic N) is 2. The molecule has 0 N–H and O–H groups in total. The summed E-state index contributed by atoms with van der Waals surface area (Å²) in [6.45, 7) is 4.13. The van der Waals surface area contributed by atoms with E-state index in [2.05, 4.69) is 24.9 Å². The summed E-state index contributed by atoms with van der Waals surface area (Å²) in [5.41, 5.74) is 2.13. The van der Waals surface area contributed by atoms with Crippen molar-refractivity contribution >= 4 is 33.3 Å². The van der Waals surface area contributed by atoms with Gasteiger partial charge in [0, 0.05) is 12.8 Å². The molecule has 2 aromatic heterocycles. The van der Waals surface area contributed by atoms with Crippen LogP contribution in [0.3, 0.4) is 0 Å². The number of thioether (sulfide) groups is 1. The van der Waals surface area contributed by atoms with Crippen molar-refractivity contribution in [3.63, 3.8) is 0 Å². The Bertz CT molecular complexity index is 621. The minimum absolute atomic E-state index is 0.0460. The molecule has 0 radical (unpaired) electrons. The Morgan fingerprint density at radius 3 is 3.06 bits per heavy atom. The van der Waals surface area contributed by atoms with E-state index in [0.717, 1.165) is 21.1 Å². The summed E-state index contributed by atoms with van der Waals surface area (Å²) in [5.74, 6) is 0.845. The third-order valence-corrected chi connectivity index (χ3v) is 4.20. The van der Waals surface area contributed by atoms with Gasteiger partial charge in [0.15, 0.2) is 5.16 Å². The molecule has 0 aliphatic carbocycles. The molecule has 17 heavy (non-hydrogen) atoms. The monoisotopic (exact) mass is 266 g/mol. The van der Waals surface area contributed by atoms with Crippen molar-refractivity contribution in [2.45, 2.75) is 19.0 Å². The average Bonchev–Trinajstić information content (AvgIpc) is 2.72. The Balaban J connectivity index is 2.37. The number of hydrogen-bond donors (Lipinski definition) is 0. The summed E-state index contributed by atoms with van der Waals surface area (Å²) < 4.78 is 2.36. The van der Waals surface area contributed by atoms with Crippen molar-refractivity contribution in [3.05, 3.63) is 33.4 Å². The van der Waals surface area contributed by atoms with E-state index in [0.29, 0.717) is 0 Å². The van der Waals surface area contributed by atoms with E-state index in [1.165, 1.54) is 16.9 Å². The Hall–Kier alpha value is -1.07. The summed E-state index contributed by atoms with van der Waals surface area (Å²) in [4.78, 5) is 16.5. The molecule has 0 unspecified atom stereocenters. The molecule has 5 heteroatoms. The molecular weight excluding hydrogens is 252 g/mol. The predicted octanol–water partition coefficient (Wildman–Crippen LogP) is 3.05. The minimum atomic E-state index is 0.0460. The second-order valence-corrected chi connectivity index (χ2v) is 5.89. The van der Waals surface area contributed by atoms with E-state index >= 15 is 0 Å². The molecule has 2 rings (SSSR count). The van der Waals surface area contributed by atoms with Crippen LogP contribution in [-0.2, 0) is 7.05 Å². The molecule has 90 valence electrons. The zero-order valence-electron chi connectivity index (χ0n) is 10.1. The second-order valence-electron chi connectivity index (χ2n) is 3.99. The molecule has 0 amide bonds. The number of aromatic nitrogens is 2. The largest absolute Gasteiger partial charge is 0.290 e. The fraction of sp³-hybridized carbons (Fsp3) is 0.333. The van der Waals surface area contributed by atoms with Gasteiger partial charge in [0.1, 0.15) is 4.70 Å². The van der Waals surface area contributed by atoms with Crippen LogP contribution in [0.2, 0.25) is 0 Å². The lowest BCUT2D eigenvalue weighted by molar-refractivity contribution is 0.728. The third-order valence-electron chi connectivity index (χ3n) is 2.35. The minimum Gasteiger partial charge on any atom is -0.290 e. The van der Waals surface area contributed by atoms with Gasteiger partial charge in [-0.2, -0.15) is 0 Å². The first kappa shape index (κ1) is 12.4. The maximum atomic E-state index is 12.0. The Labute approximate surface area is 108 Å². The van der Waals surface area contributed by atoms with Crippen LogP contribution in [0, 0.1) is 0 Å². The summed E-state index contributed by atoms with van der Waals surface area (Å²) in [6.07, 6.45) is 2.13. The lowest BCUT2D eigenvalue weighted by Gasteiger charge is -2.05. The van der Waals surface area contributed by atoms with E-state index < -0.39 is 0 Å². The second kappa shape index (κ2) is 5.06. The van der Waals surface area contributed by atoms with Crippen LogP contribution >= 0.6 is 23.1 Å². The van der Waals surface area contributed by atoms with Gasteiger partial charge in [0.25, 0.3) is 5.56 Å². The van der Waals surface area contributed by atoms with Crippen molar-refractivity contribution in [1.29, 1.82) is 0 Å². The Morgan fingerprint density at radius 1 is 1.59 bits per heavy atom. The fourth-order valence-corrected chi connectivity index (χ4v) is 3.19. The Morgan fingerprint density at radius 2 is 2.35 bits per heavy atom. The normalized spacial score (nSPS) is 10.8. The molecule has 0 bridgehead atoms. The molecule has 2 aromatic rings. The van der Waals surface area contributed by atoms with Crippen LogP contribution in [0.25, 0.3) is 10.2 Å². The van der Waals surface area contributed by atoms with E-state index in [4.69, 9.17) is 0 Å². The lowest BCUT2D eigenvalue weighted by atomic mass is 10.3. The summed E-state index contributed by atoms with van der Waals surface area (Å²) in [7, 11) is 1.78. The molecule has 0 saturated carbocycles. The molecule has 3 nitrogen and oxygen atoms in total. The third kappa shape index (κ3) is 2.61. The highest BCUT2D eigenvalue weighted by Gasteiger charge is 2.08. The van der Waals surface area contributed by atoms with Gasteiger partial charge in [-0.1, -0.05) is 23.4 Å². The molecular formula is C12H14N2OS2. The van der Waals surface area contributed by atoms with Crippen LogP contribution in [-0.4, -0.2) is 15.3 Å². The van der Waals surface area contributed by atoms with Gasteiger partial charge >= 0.3 is 0 Å². The molecule has 0 fully saturated rings. The van der Waals surface area contributed by atoms with Crippen molar-refractivity contribution < 1.29 is 0 Å². The molecule has 0 saturated heterocycles. The van der Waals surface area contributed by atoms with E-state index in [1.807, 2.05) is 11.4 Å². The van der Waals surface area contributed by atoms with Crippen LogP contribution in [0.4, 0.5) is 0 Å². The fourth-order valence-electron chi connectivity index (χ4n) is 1.38. The average molecular weight is 266 g/mol. The molecule has 0 aliphatic rings. The van der Waals surface area contributed by atoms with Crippen molar-refractivity contribution in [1.82, 2.24) is 9.55 Å². The summed E-state index contributed by atoms with van der Waals surface area (Å²) in [6, 6.07) is 1.90. The first-order valence-corrected chi connectivity index (χ1v) is 7.16. The van der Waals surface area contributed by atoms with E-state index in [-0.39, 0.29) is 5.56 Å². The highest BCUT2D eigenvalue weighted by atomic mass is 32.2.